The predicted molar refractivity (Wildman–Crippen MR) is 140 cm³/mol. The Kier molecular flexibility index (Phi) is 6.51. The lowest BCUT2D eigenvalue weighted by Crippen LogP contribution is -2.45. The number of halogens is 2. The van der Waals surface area contributed by atoms with Crippen LogP contribution in [-0.2, 0) is 26.4 Å². The highest BCUT2D eigenvalue weighted by molar-refractivity contribution is 9.10. The molecule has 0 aromatic heterocycles. The summed E-state index contributed by atoms with van der Waals surface area (Å²) in [5.74, 6) is -0.630. The molecule has 3 heterocycles. The Morgan fingerprint density at radius 3 is 2.67 bits per heavy atom. The van der Waals surface area contributed by atoms with Gasteiger partial charge in [-0.1, -0.05) is 35.0 Å². The van der Waals surface area contributed by atoms with Gasteiger partial charge in [-0.3, -0.25) is 9.69 Å². The molecule has 10 heteroatoms. The van der Waals surface area contributed by atoms with E-state index in [2.05, 4.69) is 15.9 Å². The fourth-order valence-corrected chi connectivity index (χ4v) is 9.11. The molecule has 192 valence electrons. The smallest absolute Gasteiger partial charge is 0.414 e. The minimum Gasteiger partial charge on any atom is -0.447 e. The summed E-state index contributed by atoms with van der Waals surface area (Å²) < 4.78 is 28.0. The van der Waals surface area contributed by atoms with Gasteiger partial charge >= 0.3 is 6.09 Å². The molecule has 1 spiro atoms. The zero-order valence-corrected chi connectivity index (χ0v) is 23.1. The summed E-state index contributed by atoms with van der Waals surface area (Å²) >= 11 is 3.54. The van der Waals surface area contributed by atoms with Crippen LogP contribution in [0.2, 0.25) is 18.6 Å². The summed E-state index contributed by atoms with van der Waals surface area (Å²) in [6.45, 7) is 6.16. The van der Waals surface area contributed by atoms with Crippen molar-refractivity contribution >= 4 is 47.7 Å². The number of fused-ring (bicyclic) bond motifs is 2. The van der Waals surface area contributed by atoms with Gasteiger partial charge in [0.25, 0.3) is 5.91 Å². The molecule has 36 heavy (non-hydrogen) atoms. The SMILES string of the molecule is C[C@H]1[C@H]([Si](C)(C)F)[C@@H](CCO)O[C@]12C(=O)N(Cc1cccc(N3CCOC3=O)c1)c1ccc(Br)cc12. The van der Waals surface area contributed by atoms with Gasteiger partial charge < -0.3 is 23.6 Å². The number of ether oxygens (including phenoxy) is 2. The maximum Gasteiger partial charge on any atom is 0.414 e. The van der Waals surface area contributed by atoms with Crippen LogP contribution in [0, 0.1) is 5.92 Å². The quantitative estimate of drug-likeness (QED) is 0.382. The number of amides is 2. The molecule has 2 saturated heterocycles. The Hall–Kier alpha value is -2.27. The third kappa shape index (κ3) is 3.98. The Labute approximate surface area is 219 Å². The van der Waals surface area contributed by atoms with Gasteiger partial charge in [0.2, 0.25) is 8.41 Å². The maximum atomic E-state index is 15.6. The van der Waals surface area contributed by atoms with Crippen LogP contribution in [0.25, 0.3) is 0 Å². The summed E-state index contributed by atoms with van der Waals surface area (Å²) in [4.78, 5) is 29.6. The lowest BCUT2D eigenvalue weighted by atomic mass is 9.82. The number of cyclic esters (lactones) is 1. The van der Waals surface area contributed by atoms with Crippen molar-refractivity contribution in [2.24, 2.45) is 5.92 Å². The first-order valence-corrected chi connectivity index (χ1v) is 16.0. The van der Waals surface area contributed by atoms with E-state index in [4.69, 9.17) is 9.47 Å². The average molecular weight is 578 g/mol. The van der Waals surface area contributed by atoms with Crippen LogP contribution in [0.4, 0.5) is 20.3 Å². The van der Waals surface area contributed by atoms with E-state index in [1.54, 1.807) is 22.9 Å². The van der Waals surface area contributed by atoms with Crippen molar-refractivity contribution in [2.45, 2.75) is 50.2 Å². The van der Waals surface area contributed by atoms with Gasteiger partial charge in [0.15, 0.2) is 5.60 Å². The van der Waals surface area contributed by atoms with Crippen molar-refractivity contribution in [1.29, 1.82) is 0 Å². The van der Waals surface area contributed by atoms with Crippen LogP contribution in [0.15, 0.2) is 46.9 Å². The van der Waals surface area contributed by atoms with Crippen LogP contribution in [0.1, 0.15) is 24.5 Å². The molecule has 2 amide bonds. The average Bonchev–Trinajstić information content (AvgIpc) is 3.44. The Morgan fingerprint density at radius 2 is 2.00 bits per heavy atom. The first-order chi connectivity index (χ1) is 17.1. The lowest BCUT2D eigenvalue weighted by Gasteiger charge is -2.31. The molecule has 2 aromatic rings. The maximum absolute atomic E-state index is 15.6. The number of hydrogen-bond donors (Lipinski definition) is 1. The summed E-state index contributed by atoms with van der Waals surface area (Å²) in [5, 5.41) is 9.69. The number of rotatable bonds is 6. The van der Waals surface area contributed by atoms with E-state index in [1.807, 2.05) is 49.4 Å². The highest BCUT2D eigenvalue weighted by atomic mass is 79.9. The van der Waals surface area contributed by atoms with Crippen molar-refractivity contribution in [3.8, 4) is 0 Å². The van der Waals surface area contributed by atoms with E-state index in [1.165, 1.54) is 0 Å². The molecule has 0 radical (unpaired) electrons. The number of anilines is 2. The monoisotopic (exact) mass is 576 g/mol. The van der Waals surface area contributed by atoms with Crippen molar-refractivity contribution in [1.82, 2.24) is 0 Å². The van der Waals surface area contributed by atoms with Gasteiger partial charge in [-0.25, -0.2) is 4.79 Å². The molecule has 2 aromatic carbocycles. The zero-order valence-electron chi connectivity index (χ0n) is 20.5. The molecule has 0 saturated carbocycles. The van der Waals surface area contributed by atoms with Gasteiger partial charge in [0.05, 0.1) is 24.9 Å². The van der Waals surface area contributed by atoms with Crippen LogP contribution in [-0.4, -0.2) is 51.4 Å². The lowest BCUT2D eigenvalue weighted by molar-refractivity contribution is -0.146. The van der Waals surface area contributed by atoms with Crippen LogP contribution >= 0.6 is 15.9 Å². The molecule has 3 aliphatic rings. The molecule has 0 unspecified atom stereocenters. The van der Waals surface area contributed by atoms with Crippen molar-refractivity contribution in [3.05, 3.63) is 58.1 Å². The van der Waals surface area contributed by atoms with E-state index in [0.717, 1.165) is 21.3 Å². The normalized spacial score (nSPS) is 27.8. The van der Waals surface area contributed by atoms with E-state index in [-0.39, 0.29) is 31.6 Å². The second kappa shape index (κ2) is 9.23. The molecule has 2 fully saturated rings. The zero-order chi connectivity index (χ0) is 25.8. The fourth-order valence-electron chi connectivity index (χ4n) is 6.21. The number of carbonyl (C=O) groups excluding carboxylic acids is 2. The molecule has 0 bridgehead atoms. The molecule has 5 rings (SSSR count). The van der Waals surface area contributed by atoms with Crippen molar-refractivity contribution in [3.63, 3.8) is 0 Å². The second-order valence-electron chi connectivity index (χ2n) is 10.3. The molecular formula is C26H30BrFN2O5Si. The third-order valence-corrected chi connectivity index (χ3v) is 10.6. The van der Waals surface area contributed by atoms with Gasteiger partial charge in [-0.05, 0) is 55.4 Å². The Balaban J connectivity index is 1.55. The minimum absolute atomic E-state index is 0.135. The fraction of sp³-hybridized carbons (Fsp3) is 0.462. The standard InChI is InChI=1S/C26H30BrFN2O5Si/c1-16-23(36(2,3)28)22(9-11-31)35-26(16)20-14-18(27)7-8-21(20)30(24(26)32)15-17-5-4-6-19(13-17)29-10-12-34-25(29)33/h4-8,13-14,16,22-23,31H,9-12,15H2,1-3H3/t16-,22+,23-,26+/m0/s1. The summed E-state index contributed by atoms with van der Waals surface area (Å²) in [7, 11) is -3.24. The van der Waals surface area contributed by atoms with Crippen LogP contribution < -0.4 is 9.80 Å². The first kappa shape index (κ1) is 25.4. The van der Waals surface area contributed by atoms with Gasteiger partial charge in [-0.15, -0.1) is 0 Å². The largest absolute Gasteiger partial charge is 0.447 e. The number of hydrogen-bond acceptors (Lipinski definition) is 5. The Bertz CT molecular complexity index is 1210. The third-order valence-electron chi connectivity index (χ3n) is 7.66. The number of aliphatic hydroxyl groups is 1. The molecule has 7 nitrogen and oxygen atoms in total. The highest BCUT2D eigenvalue weighted by Crippen LogP contribution is 2.60. The van der Waals surface area contributed by atoms with Crippen molar-refractivity contribution < 1.29 is 28.3 Å². The van der Waals surface area contributed by atoms with E-state index >= 15 is 4.11 Å². The van der Waals surface area contributed by atoms with Crippen molar-refractivity contribution in [2.75, 3.05) is 29.6 Å². The minimum atomic E-state index is -3.24. The summed E-state index contributed by atoms with van der Waals surface area (Å²) in [6, 6.07) is 13.2. The number of aliphatic hydroxyl groups excluding tert-OH is 1. The summed E-state index contributed by atoms with van der Waals surface area (Å²) in [5.41, 5.74) is 1.24. The molecule has 4 atom stereocenters. The molecule has 1 N–H and O–H groups in total. The number of benzene rings is 2. The number of nitrogens with zero attached hydrogens (tertiary/aromatic N) is 2. The van der Waals surface area contributed by atoms with E-state index in [9.17, 15) is 14.7 Å². The van der Waals surface area contributed by atoms with E-state index < -0.39 is 31.6 Å². The predicted octanol–water partition coefficient (Wildman–Crippen LogP) is 5.11. The van der Waals surface area contributed by atoms with Gasteiger partial charge in [0, 0.05) is 33.8 Å². The van der Waals surface area contributed by atoms with Crippen LogP contribution in [0.3, 0.4) is 0 Å². The molecule has 0 aliphatic carbocycles. The molecule has 3 aliphatic heterocycles. The van der Waals surface area contributed by atoms with Crippen LogP contribution in [0.5, 0.6) is 0 Å². The Morgan fingerprint density at radius 1 is 1.22 bits per heavy atom. The first-order valence-electron chi connectivity index (χ1n) is 12.2. The topological polar surface area (TPSA) is 79.3 Å². The van der Waals surface area contributed by atoms with Gasteiger partial charge in [-0.2, -0.15) is 0 Å². The number of carbonyl (C=O) groups is 2. The second-order valence-corrected chi connectivity index (χ2v) is 15.0. The van der Waals surface area contributed by atoms with E-state index in [0.29, 0.717) is 18.8 Å². The van der Waals surface area contributed by atoms with Gasteiger partial charge in [0.1, 0.15) is 6.61 Å². The molecular weight excluding hydrogens is 547 g/mol. The highest BCUT2D eigenvalue weighted by Gasteiger charge is 2.66. The summed E-state index contributed by atoms with van der Waals surface area (Å²) in [6.07, 6.45) is -0.649.